The van der Waals surface area contributed by atoms with Crippen molar-refractivity contribution in [2.24, 2.45) is 7.05 Å². The number of amides is 1. The molecule has 3 rings (SSSR count). The molecule has 8 nitrogen and oxygen atoms in total. The summed E-state index contributed by atoms with van der Waals surface area (Å²) in [6.07, 6.45) is 1.48. The Labute approximate surface area is 176 Å². The number of ether oxygens (including phenoxy) is 1. The van der Waals surface area contributed by atoms with Gasteiger partial charge in [-0.1, -0.05) is 0 Å². The maximum atomic E-state index is 12.6. The number of carbonyl (C=O) groups is 1. The van der Waals surface area contributed by atoms with Gasteiger partial charge in [0.15, 0.2) is 5.65 Å². The largest absolute Gasteiger partial charge is 0.444 e. The van der Waals surface area contributed by atoms with E-state index < -0.39 is 5.60 Å². The molecule has 29 heavy (non-hydrogen) atoms. The van der Waals surface area contributed by atoms with Crippen LogP contribution in [0, 0.1) is 0 Å². The Balaban J connectivity index is 1.96. The van der Waals surface area contributed by atoms with Gasteiger partial charge >= 0.3 is 6.09 Å². The minimum atomic E-state index is -0.542. The Morgan fingerprint density at radius 2 is 1.93 bits per heavy atom. The van der Waals surface area contributed by atoms with Gasteiger partial charge in [-0.3, -0.25) is 4.79 Å². The Bertz CT molecular complexity index is 975. The first-order valence-electron chi connectivity index (χ1n) is 9.88. The number of alkyl halides is 1. The minimum Gasteiger partial charge on any atom is -0.444 e. The van der Waals surface area contributed by atoms with Gasteiger partial charge in [0.2, 0.25) is 0 Å². The summed E-state index contributed by atoms with van der Waals surface area (Å²) in [5.74, 6) is 0. The molecule has 160 valence electrons. The van der Waals surface area contributed by atoms with E-state index >= 15 is 0 Å². The van der Waals surface area contributed by atoms with Gasteiger partial charge in [0.1, 0.15) is 5.60 Å². The fourth-order valence-corrected chi connectivity index (χ4v) is 3.72. The molecule has 1 fully saturated rings. The highest BCUT2D eigenvalue weighted by molar-refractivity contribution is 6.20. The van der Waals surface area contributed by atoms with Crippen LogP contribution in [0.5, 0.6) is 0 Å². The number of hydrogen-bond acceptors (Lipinski definition) is 5. The summed E-state index contributed by atoms with van der Waals surface area (Å²) in [6, 6.07) is 1.52. The lowest BCUT2D eigenvalue weighted by atomic mass is 10.1. The van der Waals surface area contributed by atoms with Crippen LogP contribution in [-0.4, -0.2) is 55.9 Å². The standard InChI is InChI=1S/C20H30ClN5O3/c1-12-10-25(19(28)29-20(4,5)6)13(2)9-24(12)16-8-17(27)23(7)26-11-15(14(3)21)22-18(16)26/h8,11-14H,9-10H2,1-7H3/t12-,13+,14?/m0/s1. The van der Waals surface area contributed by atoms with Gasteiger partial charge < -0.3 is 14.5 Å². The molecule has 0 saturated carbocycles. The number of aromatic nitrogens is 3. The molecule has 2 aromatic rings. The number of imidazole rings is 1. The second-order valence-corrected chi connectivity index (χ2v) is 9.48. The molecule has 0 bridgehead atoms. The van der Waals surface area contributed by atoms with E-state index in [9.17, 15) is 9.59 Å². The molecule has 0 N–H and O–H groups in total. The number of rotatable bonds is 2. The van der Waals surface area contributed by atoms with Gasteiger partial charge in [-0.05, 0) is 41.5 Å². The van der Waals surface area contributed by atoms with Crippen molar-refractivity contribution in [2.75, 3.05) is 18.0 Å². The average Bonchev–Trinajstić information content (AvgIpc) is 3.04. The SMILES string of the molecule is CC(Cl)c1cn2c(n1)c(N1C[C@@H](C)N(C(=O)OC(C)(C)C)C[C@@H]1C)cc(=O)n2C. The Morgan fingerprint density at radius 3 is 2.52 bits per heavy atom. The lowest BCUT2D eigenvalue weighted by molar-refractivity contribution is 0.0130. The monoisotopic (exact) mass is 423 g/mol. The lowest BCUT2D eigenvalue weighted by Crippen LogP contribution is -2.59. The fraction of sp³-hybridized carbons (Fsp3) is 0.650. The first-order chi connectivity index (χ1) is 13.4. The summed E-state index contributed by atoms with van der Waals surface area (Å²) in [7, 11) is 1.70. The number of anilines is 1. The van der Waals surface area contributed by atoms with Gasteiger partial charge in [-0.2, -0.15) is 0 Å². The highest BCUT2D eigenvalue weighted by Crippen LogP contribution is 2.29. The second-order valence-electron chi connectivity index (χ2n) is 8.82. The molecule has 0 radical (unpaired) electrons. The number of nitrogens with zero attached hydrogens (tertiary/aromatic N) is 5. The second kappa shape index (κ2) is 7.55. The summed E-state index contributed by atoms with van der Waals surface area (Å²) in [5, 5.41) is -0.266. The van der Waals surface area contributed by atoms with Crippen molar-refractivity contribution >= 4 is 29.0 Å². The average molecular weight is 424 g/mol. The zero-order chi connectivity index (χ0) is 21.7. The van der Waals surface area contributed by atoms with Gasteiger partial charge in [0, 0.05) is 38.3 Å². The zero-order valence-corrected chi connectivity index (χ0v) is 18.9. The van der Waals surface area contributed by atoms with Crippen molar-refractivity contribution in [3.63, 3.8) is 0 Å². The Kier molecular flexibility index (Phi) is 5.60. The molecular formula is C20H30ClN5O3. The molecule has 3 heterocycles. The van der Waals surface area contributed by atoms with Crippen molar-refractivity contribution in [1.29, 1.82) is 0 Å². The van der Waals surface area contributed by atoms with Crippen LogP contribution < -0.4 is 10.5 Å². The van der Waals surface area contributed by atoms with Crippen molar-refractivity contribution < 1.29 is 9.53 Å². The van der Waals surface area contributed by atoms with E-state index in [0.29, 0.717) is 24.4 Å². The highest BCUT2D eigenvalue weighted by atomic mass is 35.5. The smallest absolute Gasteiger partial charge is 0.410 e. The third kappa shape index (κ3) is 4.22. The molecule has 9 heteroatoms. The molecule has 1 saturated heterocycles. The molecule has 3 atom stereocenters. The summed E-state index contributed by atoms with van der Waals surface area (Å²) in [5.41, 5.74) is 1.47. The molecule has 1 amide bonds. The summed E-state index contributed by atoms with van der Waals surface area (Å²) in [6.45, 7) is 12.5. The third-order valence-electron chi connectivity index (χ3n) is 5.17. The Hall–Kier alpha value is -2.22. The number of fused-ring (bicyclic) bond motifs is 1. The van der Waals surface area contributed by atoms with Crippen LogP contribution in [0.25, 0.3) is 5.65 Å². The lowest BCUT2D eigenvalue weighted by Gasteiger charge is -2.45. The van der Waals surface area contributed by atoms with E-state index in [2.05, 4.69) is 9.88 Å². The Morgan fingerprint density at radius 1 is 1.28 bits per heavy atom. The van der Waals surface area contributed by atoms with E-state index in [1.54, 1.807) is 28.7 Å². The predicted molar refractivity (Wildman–Crippen MR) is 114 cm³/mol. The zero-order valence-electron chi connectivity index (χ0n) is 18.1. The highest BCUT2D eigenvalue weighted by Gasteiger charge is 2.35. The van der Waals surface area contributed by atoms with E-state index in [0.717, 1.165) is 5.69 Å². The van der Waals surface area contributed by atoms with E-state index in [1.807, 2.05) is 41.5 Å². The van der Waals surface area contributed by atoms with Crippen LogP contribution in [0.2, 0.25) is 0 Å². The van der Waals surface area contributed by atoms with Gasteiger partial charge in [0.25, 0.3) is 5.56 Å². The predicted octanol–water partition coefficient (Wildman–Crippen LogP) is 3.17. The van der Waals surface area contributed by atoms with Crippen LogP contribution in [0.3, 0.4) is 0 Å². The maximum absolute atomic E-state index is 12.6. The minimum absolute atomic E-state index is 0.0109. The van der Waals surface area contributed by atoms with Gasteiger partial charge in [-0.15, -0.1) is 11.6 Å². The summed E-state index contributed by atoms with van der Waals surface area (Å²) >= 11 is 6.23. The van der Waals surface area contributed by atoms with E-state index in [1.165, 1.54) is 4.68 Å². The first-order valence-corrected chi connectivity index (χ1v) is 10.3. The molecule has 0 aliphatic carbocycles. The van der Waals surface area contributed by atoms with Crippen LogP contribution in [0.15, 0.2) is 17.1 Å². The third-order valence-corrected chi connectivity index (χ3v) is 5.39. The normalized spacial score (nSPS) is 21.5. The maximum Gasteiger partial charge on any atom is 0.410 e. The molecule has 1 unspecified atom stereocenters. The molecule has 1 aliphatic rings. The van der Waals surface area contributed by atoms with Crippen LogP contribution >= 0.6 is 11.6 Å². The van der Waals surface area contributed by atoms with Crippen LogP contribution in [-0.2, 0) is 11.8 Å². The molecule has 1 aliphatic heterocycles. The van der Waals surface area contributed by atoms with Gasteiger partial charge in [-0.25, -0.2) is 19.0 Å². The van der Waals surface area contributed by atoms with Crippen molar-refractivity contribution in [3.05, 3.63) is 28.3 Å². The first kappa shape index (κ1) is 21.5. The number of hydrogen-bond donors (Lipinski definition) is 0. The van der Waals surface area contributed by atoms with Crippen molar-refractivity contribution in [3.8, 4) is 0 Å². The molecule has 0 aromatic carbocycles. The summed E-state index contributed by atoms with van der Waals surface area (Å²) < 4.78 is 8.81. The number of halogens is 1. The number of aryl methyl sites for hydroxylation is 1. The molecular weight excluding hydrogens is 394 g/mol. The van der Waals surface area contributed by atoms with E-state index in [4.69, 9.17) is 16.3 Å². The number of piperazine rings is 1. The van der Waals surface area contributed by atoms with Gasteiger partial charge in [0.05, 0.1) is 23.0 Å². The summed E-state index contributed by atoms with van der Waals surface area (Å²) in [4.78, 5) is 33.7. The topological polar surface area (TPSA) is 72.1 Å². The fourth-order valence-electron chi connectivity index (χ4n) is 3.61. The number of carbonyl (C=O) groups excluding carboxylic acids is 1. The quantitative estimate of drug-likeness (QED) is 0.694. The van der Waals surface area contributed by atoms with E-state index in [-0.39, 0.29) is 29.1 Å². The van der Waals surface area contributed by atoms with Crippen molar-refractivity contribution in [1.82, 2.24) is 19.1 Å². The van der Waals surface area contributed by atoms with Crippen molar-refractivity contribution in [2.45, 2.75) is 64.6 Å². The van der Waals surface area contributed by atoms with Crippen LogP contribution in [0.4, 0.5) is 10.5 Å². The molecule has 2 aromatic heterocycles. The van der Waals surface area contributed by atoms with Crippen LogP contribution in [0.1, 0.15) is 52.6 Å². The molecule has 0 spiro atoms.